The van der Waals surface area contributed by atoms with E-state index in [4.69, 9.17) is 4.74 Å². The predicted octanol–water partition coefficient (Wildman–Crippen LogP) is 2.49. The number of aliphatic hydroxyl groups excluding tert-OH is 1. The van der Waals surface area contributed by atoms with Crippen LogP contribution in [0.4, 0.5) is 0 Å². The van der Waals surface area contributed by atoms with Gasteiger partial charge in [0.05, 0.1) is 6.04 Å². The lowest BCUT2D eigenvalue weighted by molar-refractivity contribution is -0.0867. The minimum atomic E-state index is -0.979. The molecule has 0 saturated heterocycles. The fourth-order valence-electron chi connectivity index (χ4n) is 4.61. The zero-order valence-corrected chi connectivity index (χ0v) is 16.9. The van der Waals surface area contributed by atoms with Crippen molar-refractivity contribution >= 4 is 5.91 Å². The molecule has 0 spiro atoms. The number of nitrogens with zero attached hydrogens (tertiary/aromatic N) is 1. The summed E-state index contributed by atoms with van der Waals surface area (Å²) in [7, 11) is 0. The summed E-state index contributed by atoms with van der Waals surface area (Å²) in [5.74, 6) is 0.410. The van der Waals surface area contributed by atoms with Crippen LogP contribution in [0, 0.1) is 6.92 Å². The van der Waals surface area contributed by atoms with Gasteiger partial charge in [-0.15, -0.1) is 0 Å². The summed E-state index contributed by atoms with van der Waals surface area (Å²) in [5, 5.41) is 11.2. The summed E-state index contributed by atoms with van der Waals surface area (Å²) in [5.41, 5.74) is 1.70. The molecule has 2 unspecified atom stereocenters. The van der Waals surface area contributed by atoms with Crippen LogP contribution < -0.4 is 15.6 Å². The molecule has 3 aromatic rings. The Morgan fingerprint density at radius 1 is 1.07 bits per heavy atom. The quantitative estimate of drug-likeness (QED) is 0.665. The summed E-state index contributed by atoms with van der Waals surface area (Å²) in [6.07, 6.45) is -0.979. The van der Waals surface area contributed by atoms with E-state index in [1.807, 2.05) is 18.2 Å². The minimum Gasteiger partial charge on any atom is -0.485 e. The Bertz CT molecular complexity index is 1280. The van der Waals surface area contributed by atoms with Crippen LogP contribution in [0.2, 0.25) is 0 Å². The fraction of sp³-hybridized carbons (Fsp3) is 0.292. The van der Waals surface area contributed by atoms with E-state index in [1.165, 1.54) is 0 Å². The molecule has 30 heavy (non-hydrogen) atoms. The van der Waals surface area contributed by atoms with E-state index < -0.39 is 28.6 Å². The molecule has 6 nitrogen and oxygen atoms in total. The Morgan fingerprint density at radius 3 is 2.50 bits per heavy atom. The highest BCUT2D eigenvalue weighted by atomic mass is 16.5. The van der Waals surface area contributed by atoms with Crippen molar-refractivity contribution in [3.05, 3.63) is 85.2 Å². The maximum absolute atomic E-state index is 13.2. The van der Waals surface area contributed by atoms with E-state index >= 15 is 0 Å². The smallest absolute Gasteiger partial charge is 0.255 e. The van der Waals surface area contributed by atoms with Crippen LogP contribution in [0.15, 0.2) is 52.1 Å². The SMILES string of the molecule is Cc1c(-c2ccc3c(c2)C(N2Cc4ccccc4C2=O)C(O)C(C)(C)O3)c(=O)c1=O. The topological polar surface area (TPSA) is 83.9 Å². The molecule has 1 amide bonds. The number of carbonyl (C=O) groups excluding carboxylic acids is 1. The number of carbonyl (C=O) groups is 1. The molecule has 0 aliphatic carbocycles. The van der Waals surface area contributed by atoms with Crippen LogP contribution in [0.1, 0.15) is 46.9 Å². The number of fused-ring (bicyclic) bond motifs is 2. The third-order valence-electron chi connectivity index (χ3n) is 6.34. The Labute approximate surface area is 173 Å². The van der Waals surface area contributed by atoms with Crippen molar-refractivity contribution in [3.63, 3.8) is 0 Å². The van der Waals surface area contributed by atoms with Gasteiger partial charge >= 0.3 is 0 Å². The average Bonchev–Trinajstić information content (AvgIpc) is 3.05. The third kappa shape index (κ3) is 2.43. The molecule has 5 rings (SSSR count). The molecule has 1 N–H and O–H groups in total. The predicted molar refractivity (Wildman–Crippen MR) is 111 cm³/mol. The molecular weight excluding hydrogens is 382 g/mol. The lowest BCUT2D eigenvalue weighted by Gasteiger charge is -2.45. The van der Waals surface area contributed by atoms with Crippen molar-refractivity contribution < 1.29 is 14.6 Å². The van der Waals surface area contributed by atoms with Gasteiger partial charge < -0.3 is 14.7 Å². The zero-order chi connectivity index (χ0) is 21.4. The average molecular weight is 403 g/mol. The number of ether oxygens (including phenoxy) is 1. The molecular formula is C24H21NO5. The monoisotopic (exact) mass is 403 g/mol. The van der Waals surface area contributed by atoms with Crippen LogP contribution in [-0.4, -0.2) is 27.6 Å². The fourth-order valence-corrected chi connectivity index (χ4v) is 4.61. The van der Waals surface area contributed by atoms with Gasteiger partial charge in [-0.25, -0.2) is 0 Å². The highest BCUT2D eigenvalue weighted by Crippen LogP contribution is 2.46. The lowest BCUT2D eigenvalue weighted by Crippen LogP contribution is -2.53. The molecule has 0 bridgehead atoms. The Kier molecular flexibility index (Phi) is 3.83. The van der Waals surface area contributed by atoms with E-state index in [-0.39, 0.29) is 5.91 Å². The summed E-state index contributed by atoms with van der Waals surface area (Å²) in [6.45, 7) is 5.59. The molecule has 3 aromatic carbocycles. The maximum Gasteiger partial charge on any atom is 0.255 e. The van der Waals surface area contributed by atoms with Crippen molar-refractivity contribution in [2.45, 2.75) is 45.1 Å². The first-order valence-corrected chi connectivity index (χ1v) is 9.91. The first-order valence-electron chi connectivity index (χ1n) is 9.91. The van der Waals surface area contributed by atoms with Crippen molar-refractivity contribution in [2.24, 2.45) is 0 Å². The summed E-state index contributed by atoms with van der Waals surface area (Å²) < 4.78 is 6.04. The first kappa shape index (κ1) is 18.8. The van der Waals surface area contributed by atoms with E-state index in [2.05, 4.69) is 0 Å². The third-order valence-corrected chi connectivity index (χ3v) is 6.34. The van der Waals surface area contributed by atoms with Crippen LogP contribution in [0.5, 0.6) is 5.75 Å². The standard InChI is InChI=1S/C24H21NO5/c1-12-18(21(27)20(12)26)13-8-9-17-16(10-13)19(22(28)24(2,3)30-17)25-11-14-6-4-5-7-15(14)23(25)29/h4-10,19,22,28H,11H2,1-3H3. The highest BCUT2D eigenvalue weighted by Gasteiger charge is 2.48. The van der Waals surface area contributed by atoms with Crippen LogP contribution in [0.3, 0.4) is 0 Å². The Balaban J connectivity index is 1.65. The van der Waals surface area contributed by atoms with E-state index in [1.54, 1.807) is 49.9 Å². The number of aliphatic hydroxyl groups is 1. The Hall–Kier alpha value is -3.25. The summed E-state index contributed by atoms with van der Waals surface area (Å²) >= 11 is 0. The number of amides is 1. The second kappa shape index (κ2) is 6.12. The Morgan fingerprint density at radius 2 is 1.80 bits per heavy atom. The van der Waals surface area contributed by atoms with Gasteiger partial charge in [-0.2, -0.15) is 0 Å². The number of hydrogen-bond donors (Lipinski definition) is 1. The van der Waals surface area contributed by atoms with Crippen molar-refractivity contribution in [1.82, 2.24) is 4.90 Å². The van der Waals surface area contributed by atoms with Gasteiger partial charge in [-0.3, -0.25) is 14.4 Å². The maximum atomic E-state index is 13.2. The van der Waals surface area contributed by atoms with E-state index in [0.717, 1.165) is 5.56 Å². The molecule has 0 fully saturated rings. The largest absolute Gasteiger partial charge is 0.485 e. The molecule has 6 heteroatoms. The molecule has 2 aliphatic heterocycles. The summed E-state index contributed by atoms with van der Waals surface area (Å²) in [6, 6.07) is 12.0. The highest BCUT2D eigenvalue weighted by molar-refractivity contribution is 5.98. The van der Waals surface area contributed by atoms with Gasteiger partial charge in [0, 0.05) is 28.8 Å². The van der Waals surface area contributed by atoms with Crippen LogP contribution in [-0.2, 0) is 6.54 Å². The van der Waals surface area contributed by atoms with Gasteiger partial charge in [-0.05, 0) is 50.1 Å². The molecule has 0 saturated carbocycles. The first-order chi connectivity index (χ1) is 14.2. The second-order valence-corrected chi connectivity index (χ2v) is 8.60. The molecule has 2 aliphatic rings. The second-order valence-electron chi connectivity index (χ2n) is 8.60. The van der Waals surface area contributed by atoms with Crippen LogP contribution >= 0.6 is 0 Å². The summed E-state index contributed by atoms with van der Waals surface area (Å²) in [4.78, 5) is 38.6. The zero-order valence-electron chi connectivity index (χ0n) is 16.9. The van der Waals surface area contributed by atoms with Crippen molar-refractivity contribution in [2.75, 3.05) is 0 Å². The molecule has 152 valence electrons. The van der Waals surface area contributed by atoms with Gasteiger partial charge in [0.2, 0.25) is 10.9 Å². The molecule has 2 heterocycles. The minimum absolute atomic E-state index is 0.144. The molecule has 0 aromatic heterocycles. The van der Waals surface area contributed by atoms with Crippen LogP contribution in [0.25, 0.3) is 11.1 Å². The van der Waals surface area contributed by atoms with Gasteiger partial charge in [0.1, 0.15) is 17.5 Å². The molecule has 0 radical (unpaired) electrons. The normalized spacial score (nSPS) is 22.0. The van der Waals surface area contributed by atoms with Gasteiger partial charge in [0.25, 0.3) is 5.91 Å². The van der Waals surface area contributed by atoms with Gasteiger partial charge in [0.15, 0.2) is 0 Å². The number of hydrogen-bond acceptors (Lipinski definition) is 5. The van der Waals surface area contributed by atoms with Gasteiger partial charge in [-0.1, -0.05) is 24.3 Å². The van der Waals surface area contributed by atoms with E-state index in [9.17, 15) is 19.5 Å². The molecule has 2 atom stereocenters. The lowest BCUT2D eigenvalue weighted by atomic mass is 9.83. The number of rotatable bonds is 2. The van der Waals surface area contributed by atoms with Crippen molar-refractivity contribution in [1.29, 1.82) is 0 Å². The van der Waals surface area contributed by atoms with E-state index in [0.29, 0.717) is 40.1 Å². The number of benzene rings is 2. The van der Waals surface area contributed by atoms with Crippen molar-refractivity contribution in [3.8, 4) is 16.9 Å².